The van der Waals surface area contributed by atoms with Crippen LogP contribution in [-0.2, 0) is 4.79 Å². The molecule has 1 fully saturated rings. The van der Waals surface area contributed by atoms with Gasteiger partial charge >= 0.3 is 0 Å². The van der Waals surface area contributed by atoms with Crippen LogP contribution in [0.15, 0.2) is 0 Å². The van der Waals surface area contributed by atoms with E-state index < -0.39 is 0 Å². The standard InChI is InChI=1S/C10H19NO/c1-7-6-9(2,3)11-10(4,5)8(7)12/h7,11H,6H2,1-5H3/t7-/m1/s1. The highest BCUT2D eigenvalue weighted by Crippen LogP contribution is 2.29. The van der Waals surface area contributed by atoms with Gasteiger partial charge in [-0.15, -0.1) is 0 Å². The number of rotatable bonds is 0. The number of piperidine rings is 1. The molecule has 1 saturated heterocycles. The summed E-state index contributed by atoms with van der Waals surface area (Å²) in [6.45, 7) is 10.3. The molecule has 1 atom stereocenters. The van der Waals surface area contributed by atoms with Crippen LogP contribution < -0.4 is 5.32 Å². The van der Waals surface area contributed by atoms with Crippen molar-refractivity contribution in [1.29, 1.82) is 0 Å². The van der Waals surface area contributed by atoms with E-state index in [0.717, 1.165) is 6.42 Å². The van der Waals surface area contributed by atoms with Gasteiger partial charge < -0.3 is 5.32 Å². The largest absolute Gasteiger partial charge is 0.300 e. The first-order valence-corrected chi connectivity index (χ1v) is 4.58. The molecule has 0 aromatic carbocycles. The van der Waals surface area contributed by atoms with Gasteiger partial charge in [0.25, 0.3) is 0 Å². The van der Waals surface area contributed by atoms with Crippen LogP contribution in [0.25, 0.3) is 0 Å². The number of ketones is 1. The zero-order valence-corrected chi connectivity index (χ0v) is 8.69. The summed E-state index contributed by atoms with van der Waals surface area (Å²) >= 11 is 0. The van der Waals surface area contributed by atoms with E-state index in [4.69, 9.17) is 0 Å². The number of carbonyl (C=O) groups is 1. The Morgan fingerprint density at radius 3 is 2.25 bits per heavy atom. The molecule has 70 valence electrons. The molecule has 0 aromatic heterocycles. The highest BCUT2D eigenvalue weighted by atomic mass is 16.1. The minimum absolute atomic E-state index is 0.0941. The van der Waals surface area contributed by atoms with Crippen molar-refractivity contribution in [2.75, 3.05) is 0 Å². The summed E-state index contributed by atoms with van der Waals surface area (Å²) in [5, 5.41) is 3.36. The van der Waals surface area contributed by atoms with Gasteiger partial charge in [0.2, 0.25) is 0 Å². The molecule has 0 saturated carbocycles. The van der Waals surface area contributed by atoms with Crippen molar-refractivity contribution in [2.45, 2.75) is 52.1 Å². The first-order chi connectivity index (χ1) is 5.25. The number of hydrogen-bond donors (Lipinski definition) is 1. The van der Waals surface area contributed by atoms with Crippen molar-refractivity contribution in [1.82, 2.24) is 5.32 Å². The fraction of sp³-hybridized carbons (Fsp3) is 0.900. The molecule has 12 heavy (non-hydrogen) atoms. The monoisotopic (exact) mass is 169 g/mol. The molecule has 1 aliphatic rings. The van der Waals surface area contributed by atoms with Crippen molar-refractivity contribution in [2.24, 2.45) is 5.92 Å². The lowest BCUT2D eigenvalue weighted by atomic mass is 9.76. The predicted molar refractivity (Wildman–Crippen MR) is 50.1 cm³/mol. The molecule has 0 aliphatic carbocycles. The minimum atomic E-state index is -0.346. The molecule has 0 radical (unpaired) electrons. The Hall–Kier alpha value is -0.370. The Labute approximate surface area is 74.7 Å². The highest BCUT2D eigenvalue weighted by molar-refractivity contribution is 5.90. The average molecular weight is 169 g/mol. The van der Waals surface area contributed by atoms with Crippen molar-refractivity contribution < 1.29 is 4.79 Å². The van der Waals surface area contributed by atoms with Crippen molar-refractivity contribution in [3.05, 3.63) is 0 Å². The number of nitrogens with one attached hydrogen (secondary N) is 1. The van der Waals surface area contributed by atoms with Crippen molar-refractivity contribution in [3.8, 4) is 0 Å². The second-order valence-corrected chi connectivity index (χ2v) is 5.10. The molecular weight excluding hydrogens is 150 g/mol. The van der Waals surface area contributed by atoms with Crippen LogP contribution in [-0.4, -0.2) is 16.9 Å². The van der Waals surface area contributed by atoms with E-state index in [1.165, 1.54) is 0 Å². The maximum Gasteiger partial charge on any atom is 0.155 e. The number of hydrogen-bond acceptors (Lipinski definition) is 2. The summed E-state index contributed by atoms with van der Waals surface area (Å²) < 4.78 is 0. The van der Waals surface area contributed by atoms with E-state index in [1.807, 2.05) is 20.8 Å². The fourth-order valence-electron chi connectivity index (χ4n) is 2.43. The zero-order valence-electron chi connectivity index (χ0n) is 8.69. The summed E-state index contributed by atoms with van der Waals surface area (Å²) in [5.41, 5.74) is -0.252. The third-order valence-corrected chi connectivity index (χ3v) is 2.53. The maximum atomic E-state index is 11.7. The minimum Gasteiger partial charge on any atom is -0.300 e. The molecule has 1 rings (SSSR count). The van der Waals surface area contributed by atoms with Gasteiger partial charge in [0, 0.05) is 11.5 Å². The Morgan fingerprint density at radius 2 is 1.83 bits per heavy atom. The average Bonchev–Trinajstić information content (AvgIpc) is 1.79. The molecule has 0 aromatic rings. The number of carbonyl (C=O) groups excluding carboxylic acids is 1. The topological polar surface area (TPSA) is 29.1 Å². The summed E-state index contributed by atoms with van der Waals surface area (Å²) in [5.74, 6) is 0.526. The molecule has 1 N–H and O–H groups in total. The molecule has 0 unspecified atom stereocenters. The van der Waals surface area contributed by atoms with Gasteiger partial charge in [0.15, 0.2) is 5.78 Å². The Balaban J connectivity index is 2.87. The zero-order chi connectivity index (χ0) is 9.57. The van der Waals surface area contributed by atoms with E-state index >= 15 is 0 Å². The van der Waals surface area contributed by atoms with Crippen LogP contribution in [0.5, 0.6) is 0 Å². The van der Waals surface area contributed by atoms with Crippen LogP contribution in [0, 0.1) is 5.92 Å². The molecule has 0 spiro atoms. The summed E-state index contributed by atoms with van der Waals surface area (Å²) in [7, 11) is 0. The lowest BCUT2D eigenvalue weighted by Gasteiger charge is -2.44. The third-order valence-electron chi connectivity index (χ3n) is 2.53. The molecule has 1 aliphatic heterocycles. The first kappa shape index (κ1) is 9.72. The maximum absolute atomic E-state index is 11.7. The molecular formula is C10H19NO. The van der Waals surface area contributed by atoms with Gasteiger partial charge in [-0.1, -0.05) is 6.92 Å². The van der Waals surface area contributed by atoms with Crippen LogP contribution in [0.3, 0.4) is 0 Å². The molecule has 0 bridgehead atoms. The Bertz CT molecular complexity index is 206. The lowest BCUT2D eigenvalue weighted by Crippen LogP contribution is -2.62. The molecule has 0 amide bonds. The molecule has 1 heterocycles. The van der Waals surface area contributed by atoms with E-state index in [1.54, 1.807) is 0 Å². The van der Waals surface area contributed by atoms with E-state index in [-0.39, 0.29) is 17.0 Å². The third kappa shape index (κ3) is 1.69. The summed E-state index contributed by atoms with van der Waals surface area (Å²) in [6, 6.07) is 0. The lowest BCUT2D eigenvalue weighted by molar-refractivity contribution is -0.132. The van der Waals surface area contributed by atoms with Crippen LogP contribution in [0.1, 0.15) is 41.0 Å². The smallest absolute Gasteiger partial charge is 0.155 e. The van der Waals surface area contributed by atoms with Crippen molar-refractivity contribution >= 4 is 5.78 Å². The first-order valence-electron chi connectivity index (χ1n) is 4.58. The fourth-order valence-corrected chi connectivity index (χ4v) is 2.43. The second kappa shape index (κ2) is 2.56. The molecule has 2 nitrogen and oxygen atoms in total. The second-order valence-electron chi connectivity index (χ2n) is 5.10. The van der Waals surface area contributed by atoms with Crippen LogP contribution in [0.2, 0.25) is 0 Å². The Kier molecular flexibility index (Phi) is 2.07. The van der Waals surface area contributed by atoms with Crippen LogP contribution >= 0.6 is 0 Å². The van der Waals surface area contributed by atoms with E-state index in [2.05, 4.69) is 19.2 Å². The van der Waals surface area contributed by atoms with E-state index in [0.29, 0.717) is 5.78 Å². The van der Waals surface area contributed by atoms with Gasteiger partial charge in [-0.25, -0.2) is 0 Å². The van der Waals surface area contributed by atoms with Crippen molar-refractivity contribution in [3.63, 3.8) is 0 Å². The normalized spacial score (nSPS) is 33.4. The van der Waals surface area contributed by atoms with Crippen LogP contribution in [0.4, 0.5) is 0 Å². The summed E-state index contributed by atoms with van der Waals surface area (Å²) in [4.78, 5) is 11.7. The molecule has 2 heteroatoms. The quantitative estimate of drug-likeness (QED) is 0.598. The number of Topliss-reactive ketones (excluding diaryl/α,β-unsaturated/α-hetero) is 1. The SMILES string of the molecule is C[C@@H]1CC(C)(C)NC(C)(C)C1=O. The van der Waals surface area contributed by atoms with Gasteiger partial charge in [0.1, 0.15) is 0 Å². The van der Waals surface area contributed by atoms with Gasteiger partial charge in [0.05, 0.1) is 5.54 Å². The highest BCUT2D eigenvalue weighted by Gasteiger charge is 2.42. The summed E-state index contributed by atoms with van der Waals surface area (Å²) in [6.07, 6.45) is 0.940. The predicted octanol–water partition coefficient (Wildman–Crippen LogP) is 1.74. The van der Waals surface area contributed by atoms with Gasteiger partial charge in [-0.05, 0) is 34.1 Å². The van der Waals surface area contributed by atoms with Gasteiger partial charge in [-0.3, -0.25) is 4.79 Å². The van der Waals surface area contributed by atoms with Gasteiger partial charge in [-0.2, -0.15) is 0 Å². The Morgan fingerprint density at radius 1 is 1.33 bits per heavy atom. The van der Waals surface area contributed by atoms with E-state index in [9.17, 15) is 4.79 Å².